The van der Waals surface area contributed by atoms with Gasteiger partial charge < -0.3 is 24.8 Å². The fourth-order valence-electron chi connectivity index (χ4n) is 1.73. The van der Waals surface area contributed by atoms with Gasteiger partial charge in [0.05, 0.1) is 5.56 Å². The van der Waals surface area contributed by atoms with Crippen molar-refractivity contribution in [2.24, 2.45) is 0 Å². The van der Waals surface area contributed by atoms with Gasteiger partial charge in [0.2, 0.25) is 11.2 Å². The van der Waals surface area contributed by atoms with Crippen LogP contribution in [0.15, 0.2) is 51.6 Å². The summed E-state index contributed by atoms with van der Waals surface area (Å²) in [5.74, 6) is -1.53. The lowest BCUT2D eigenvalue weighted by Gasteiger charge is -2.05. The van der Waals surface area contributed by atoms with Crippen molar-refractivity contribution in [1.82, 2.24) is 0 Å². The molecule has 114 valence electrons. The van der Waals surface area contributed by atoms with Crippen molar-refractivity contribution in [2.45, 2.75) is 6.92 Å². The van der Waals surface area contributed by atoms with Crippen molar-refractivity contribution in [3.63, 3.8) is 0 Å². The molecule has 6 nitrogen and oxygen atoms in total. The standard InChI is InChI=1S/C16H14O6/c1-2-11(17)5-3-10-8-22-16(15(21)14(10)20)9-4-6-12(18)13(19)7-9/h2-8,17-19,21H,1H3/b5-3-,11-2+. The van der Waals surface area contributed by atoms with Crippen LogP contribution in [-0.4, -0.2) is 20.4 Å². The molecule has 1 aromatic heterocycles. The van der Waals surface area contributed by atoms with Crippen LogP contribution in [0.25, 0.3) is 17.4 Å². The summed E-state index contributed by atoms with van der Waals surface area (Å²) in [6.07, 6.45) is 5.16. The maximum atomic E-state index is 12.0. The van der Waals surface area contributed by atoms with Gasteiger partial charge in [0.15, 0.2) is 17.3 Å². The van der Waals surface area contributed by atoms with Crippen molar-refractivity contribution in [3.8, 4) is 28.6 Å². The van der Waals surface area contributed by atoms with E-state index in [2.05, 4.69) is 0 Å². The number of phenolic OH excluding ortho intramolecular Hbond substituents is 2. The molecule has 0 fully saturated rings. The Kier molecular flexibility index (Phi) is 4.22. The molecule has 0 atom stereocenters. The van der Waals surface area contributed by atoms with Gasteiger partial charge in [-0.2, -0.15) is 0 Å². The number of hydrogen-bond donors (Lipinski definition) is 4. The summed E-state index contributed by atoms with van der Waals surface area (Å²) in [5.41, 5.74) is -0.400. The van der Waals surface area contributed by atoms with Crippen LogP contribution in [0.3, 0.4) is 0 Å². The largest absolute Gasteiger partial charge is 0.508 e. The molecule has 6 heteroatoms. The van der Waals surface area contributed by atoms with Gasteiger partial charge in [0.25, 0.3) is 0 Å². The summed E-state index contributed by atoms with van der Waals surface area (Å²) in [7, 11) is 0. The molecule has 22 heavy (non-hydrogen) atoms. The first kappa shape index (κ1) is 15.2. The highest BCUT2D eigenvalue weighted by Gasteiger charge is 2.15. The normalized spacial score (nSPS) is 12.0. The third-order valence-corrected chi connectivity index (χ3v) is 2.96. The molecule has 0 radical (unpaired) electrons. The number of aliphatic hydroxyl groups excluding tert-OH is 1. The summed E-state index contributed by atoms with van der Waals surface area (Å²) in [6.45, 7) is 1.63. The Bertz CT molecular complexity index is 814. The van der Waals surface area contributed by atoms with Crippen LogP contribution >= 0.6 is 0 Å². The molecule has 0 saturated heterocycles. The molecular formula is C16H14O6. The van der Waals surface area contributed by atoms with E-state index in [1.807, 2.05) is 0 Å². The smallest absolute Gasteiger partial charge is 0.234 e. The predicted molar refractivity (Wildman–Crippen MR) is 80.8 cm³/mol. The van der Waals surface area contributed by atoms with Crippen molar-refractivity contribution < 1.29 is 24.8 Å². The minimum atomic E-state index is -0.686. The zero-order chi connectivity index (χ0) is 16.3. The number of allylic oxidation sites excluding steroid dienone is 2. The molecule has 0 amide bonds. The first-order chi connectivity index (χ1) is 10.4. The molecule has 0 spiro atoms. The second kappa shape index (κ2) is 6.09. The Morgan fingerprint density at radius 1 is 1.18 bits per heavy atom. The van der Waals surface area contributed by atoms with E-state index >= 15 is 0 Å². The SMILES string of the molecule is C/C=C(O)\C=C/c1coc(-c2ccc(O)c(O)c2)c(O)c1=O. The van der Waals surface area contributed by atoms with E-state index in [9.17, 15) is 25.2 Å². The van der Waals surface area contributed by atoms with Crippen LogP contribution in [0.1, 0.15) is 12.5 Å². The zero-order valence-corrected chi connectivity index (χ0v) is 11.6. The van der Waals surface area contributed by atoms with Crippen LogP contribution in [0.4, 0.5) is 0 Å². The number of aliphatic hydroxyl groups is 1. The maximum Gasteiger partial charge on any atom is 0.234 e. The Balaban J connectivity index is 2.49. The number of phenols is 2. The Morgan fingerprint density at radius 3 is 2.55 bits per heavy atom. The molecule has 0 aliphatic rings. The van der Waals surface area contributed by atoms with Crippen LogP contribution in [0.2, 0.25) is 0 Å². The van der Waals surface area contributed by atoms with E-state index < -0.39 is 16.9 Å². The Labute approximate surface area is 125 Å². The predicted octanol–water partition coefficient (Wildman–Crippen LogP) is 2.90. The molecule has 2 rings (SSSR count). The topological polar surface area (TPSA) is 111 Å². The van der Waals surface area contributed by atoms with Crippen molar-refractivity contribution >= 4 is 6.08 Å². The Hall–Kier alpha value is -3.15. The van der Waals surface area contributed by atoms with Crippen molar-refractivity contribution in [3.05, 3.63) is 58.2 Å². The minimum Gasteiger partial charge on any atom is -0.508 e. The van der Waals surface area contributed by atoms with Gasteiger partial charge in [0.1, 0.15) is 12.0 Å². The molecule has 2 aromatic rings. The number of rotatable bonds is 3. The lowest BCUT2D eigenvalue weighted by molar-refractivity contribution is 0.403. The molecule has 4 N–H and O–H groups in total. The van der Waals surface area contributed by atoms with Crippen molar-refractivity contribution in [1.29, 1.82) is 0 Å². The van der Waals surface area contributed by atoms with Crippen molar-refractivity contribution in [2.75, 3.05) is 0 Å². The van der Waals surface area contributed by atoms with Gasteiger partial charge in [-0.05, 0) is 43.4 Å². The highest BCUT2D eigenvalue weighted by molar-refractivity contribution is 5.68. The van der Waals surface area contributed by atoms with Crippen LogP contribution in [0, 0.1) is 0 Å². The average molecular weight is 302 g/mol. The van der Waals surface area contributed by atoms with Gasteiger partial charge in [-0.15, -0.1) is 0 Å². The fourth-order valence-corrected chi connectivity index (χ4v) is 1.73. The molecular weight excluding hydrogens is 288 g/mol. The highest BCUT2D eigenvalue weighted by atomic mass is 16.4. The van der Waals surface area contributed by atoms with Gasteiger partial charge in [-0.25, -0.2) is 0 Å². The fraction of sp³-hybridized carbons (Fsp3) is 0.0625. The maximum absolute atomic E-state index is 12.0. The van der Waals surface area contributed by atoms with Gasteiger partial charge >= 0.3 is 0 Å². The van der Waals surface area contributed by atoms with E-state index in [4.69, 9.17) is 4.42 Å². The lowest BCUT2D eigenvalue weighted by atomic mass is 10.1. The third-order valence-electron chi connectivity index (χ3n) is 2.96. The van der Waals surface area contributed by atoms with E-state index in [1.54, 1.807) is 6.92 Å². The van der Waals surface area contributed by atoms with E-state index in [0.717, 1.165) is 12.3 Å². The number of benzene rings is 1. The summed E-state index contributed by atoms with van der Waals surface area (Å²) < 4.78 is 5.22. The second-order valence-electron chi connectivity index (χ2n) is 4.45. The molecule has 0 saturated carbocycles. The van der Waals surface area contributed by atoms with Crippen LogP contribution in [-0.2, 0) is 0 Å². The zero-order valence-electron chi connectivity index (χ0n) is 11.6. The second-order valence-corrected chi connectivity index (χ2v) is 4.45. The molecule has 0 aliphatic carbocycles. The molecule has 0 bridgehead atoms. The van der Waals surface area contributed by atoms with Gasteiger partial charge in [-0.3, -0.25) is 4.79 Å². The Morgan fingerprint density at radius 2 is 1.91 bits per heavy atom. The van der Waals surface area contributed by atoms with Crippen LogP contribution in [0.5, 0.6) is 17.2 Å². The first-order valence-corrected chi connectivity index (χ1v) is 6.34. The quantitative estimate of drug-likeness (QED) is 0.394. The van der Waals surface area contributed by atoms with E-state index in [1.165, 1.54) is 30.4 Å². The third kappa shape index (κ3) is 2.95. The highest BCUT2D eigenvalue weighted by Crippen LogP contribution is 2.33. The molecule has 0 unspecified atom stereocenters. The first-order valence-electron chi connectivity index (χ1n) is 6.34. The molecule has 0 aliphatic heterocycles. The van der Waals surface area contributed by atoms with Crippen LogP contribution < -0.4 is 5.43 Å². The average Bonchev–Trinajstić information content (AvgIpc) is 2.51. The summed E-state index contributed by atoms with van der Waals surface area (Å²) >= 11 is 0. The number of hydrogen-bond acceptors (Lipinski definition) is 6. The molecule has 1 heterocycles. The van der Waals surface area contributed by atoms with E-state index in [0.29, 0.717) is 0 Å². The lowest BCUT2D eigenvalue weighted by Crippen LogP contribution is -2.05. The summed E-state index contributed by atoms with van der Waals surface area (Å²) in [5, 5.41) is 38.0. The van der Waals surface area contributed by atoms with E-state index in [-0.39, 0.29) is 28.4 Å². The minimum absolute atomic E-state index is 0.0357. The monoisotopic (exact) mass is 302 g/mol. The van der Waals surface area contributed by atoms with Gasteiger partial charge in [-0.1, -0.05) is 0 Å². The van der Waals surface area contributed by atoms with Gasteiger partial charge in [0, 0.05) is 5.56 Å². The molecule has 1 aromatic carbocycles. The summed E-state index contributed by atoms with van der Waals surface area (Å²) in [6, 6.07) is 3.75. The summed E-state index contributed by atoms with van der Waals surface area (Å²) in [4.78, 5) is 12.0. The number of aromatic hydroxyl groups is 3.